The van der Waals surface area contributed by atoms with E-state index in [4.69, 9.17) is 11.6 Å². The van der Waals surface area contributed by atoms with Crippen LogP contribution in [0.3, 0.4) is 0 Å². The predicted octanol–water partition coefficient (Wildman–Crippen LogP) is 3.83. The number of carbonyl (C=O) groups excluding carboxylic acids is 3. The standard InChI is InChI=1S/C23H19ClN2O3/c24-17-12-16(8-9-18(17)25-19(27)10-13-4-2-1-3-5-13)26-22(28)20-14-6-7-15(11-14)21(20)23(26)29/h1-9,12,14-15,20-21H,10-11H2,(H,25,27)/t14-,15-,20-,21-/m0/s1. The fourth-order valence-corrected chi connectivity index (χ4v) is 5.10. The first-order valence-corrected chi connectivity index (χ1v) is 10.1. The SMILES string of the molecule is O=C(Cc1ccccc1)Nc1ccc(N2C(=O)[C@@H]3[C@@H](C2=O)[C@H]2C=C[C@H]3C2)cc1Cl. The van der Waals surface area contributed by atoms with E-state index in [1.165, 1.54) is 4.90 Å². The third-order valence-electron chi connectivity index (χ3n) is 6.16. The van der Waals surface area contributed by atoms with Gasteiger partial charge in [0.15, 0.2) is 0 Å². The number of imide groups is 1. The molecule has 3 aliphatic rings. The number of benzene rings is 2. The fraction of sp³-hybridized carbons (Fsp3) is 0.261. The quantitative estimate of drug-likeness (QED) is 0.619. The third kappa shape index (κ3) is 2.97. The Labute approximate surface area is 173 Å². The second-order valence-corrected chi connectivity index (χ2v) is 8.29. The first kappa shape index (κ1) is 18.1. The predicted molar refractivity (Wildman–Crippen MR) is 110 cm³/mol. The van der Waals surface area contributed by atoms with Crippen molar-refractivity contribution in [3.8, 4) is 0 Å². The van der Waals surface area contributed by atoms with Crippen LogP contribution in [0.5, 0.6) is 0 Å². The lowest BCUT2D eigenvalue weighted by atomic mass is 9.85. The van der Waals surface area contributed by atoms with Crippen molar-refractivity contribution in [3.63, 3.8) is 0 Å². The molecule has 0 unspecified atom stereocenters. The van der Waals surface area contributed by atoms with Gasteiger partial charge < -0.3 is 5.32 Å². The van der Waals surface area contributed by atoms with Crippen molar-refractivity contribution in [2.24, 2.45) is 23.7 Å². The first-order valence-electron chi connectivity index (χ1n) is 9.72. The number of carbonyl (C=O) groups is 3. The van der Waals surface area contributed by atoms with Gasteiger partial charge in [-0.25, -0.2) is 4.90 Å². The van der Waals surface area contributed by atoms with Gasteiger partial charge in [0.25, 0.3) is 0 Å². The molecule has 1 saturated carbocycles. The van der Waals surface area contributed by atoms with Crippen LogP contribution in [0.1, 0.15) is 12.0 Å². The minimum absolute atomic E-state index is 0.145. The summed E-state index contributed by atoms with van der Waals surface area (Å²) in [6.07, 6.45) is 5.27. The summed E-state index contributed by atoms with van der Waals surface area (Å²) in [5.74, 6) is -0.640. The number of anilines is 2. The Kier molecular flexibility index (Phi) is 4.28. The molecule has 5 rings (SSSR count). The van der Waals surface area contributed by atoms with E-state index in [1.807, 2.05) is 30.3 Å². The van der Waals surface area contributed by atoms with Crippen LogP contribution < -0.4 is 10.2 Å². The van der Waals surface area contributed by atoms with Crippen molar-refractivity contribution in [2.45, 2.75) is 12.8 Å². The number of nitrogens with one attached hydrogen (secondary N) is 1. The van der Waals surface area contributed by atoms with Gasteiger partial charge in [-0.3, -0.25) is 14.4 Å². The molecule has 2 fully saturated rings. The molecule has 6 heteroatoms. The number of rotatable bonds is 4. The van der Waals surface area contributed by atoms with E-state index in [0.29, 0.717) is 16.4 Å². The van der Waals surface area contributed by atoms with Gasteiger partial charge in [-0.15, -0.1) is 0 Å². The van der Waals surface area contributed by atoms with E-state index in [-0.39, 0.29) is 47.8 Å². The largest absolute Gasteiger partial charge is 0.324 e. The van der Waals surface area contributed by atoms with Crippen molar-refractivity contribution >= 4 is 40.7 Å². The normalized spacial score (nSPS) is 26.9. The molecule has 1 heterocycles. The van der Waals surface area contributed by atoms with Crippen LogP contribution in [0.4, 0.5) is 11.4 Å². The summed E-state index contributed by atoms with van der Waals surface area (Å²) in [7, 11) is 0. The highest BCUT2D eigenvalue weighted by atomic mass is 35.5. The maximum Gasteiger partial charge on any atom is 0.238 e. The van der Waals surface area contributed by atoms with E-state index < -0.39 is 0 Å². The summed E-state index contributed by atoms with van der Waals surface area (Å²) in [5.41, 5.74) is 1.82. The zero-order valence-electron chi connectivity index (χ0n) is 15.5. The van der Waals surface area contributed by atoms with E-state index in [2.05, 4.69) is 17.5 Å². The Hall–Kier alpha value is -2.92. The number of fused-ring (bicyclic) bond motifs is 5. The maximum atomic E-state index is 12.9. The number of nitrogens with zero attached hydrogens (tertiary/aromatic N) is 1. The molecule has 29 heavy (non-hydrogen) atoms. The van der Waals surface area contributed by atoms with E-state index in [1.54, 1.807) is 18.2 Å². The summed E-state index contributed by atoms with van der Waals surface area (Å²) < 4.78 is 0. The molecule has 3 amide bonds. The highest BCUT2D eigenvalue weighted by molar-refractivity contribution is 6.34. The van der Waals surface area contributed by atoms with Gasteiger partial charge in [-0.05, 0) is 42.0 Å². The second-order valence-electron chi connectivity index (χ2n) is 7.89. The van der Waals surface area contributed by atoms with Crippen LogP contribution >= 0.6 is 11.6 Å². The molecule has 2 bridgehead atoms. The lowest BCUT2D eigenvalue weighted by Gasteiger charge is -2.18. The smallest absolute Gasteiger partial charge is 0.238 e. The third-order valence-corrected chi connectivity index (χ3v) is 6.48. The summed E-state index contributed by atoms with van der Waals surface area (Å²) in [4.78, 5) is 39.4. The van der Waals surface area contributed by atoms with Crippen LogP contribution in [0.15, 0.2) is 60.7 Å². The van der Waals surface area contributed by atoms with E-state index >= 15 is 0 Å². The molecule has 0 radical (unpaired) electrons. The molecule has 0 aromatic heterocycles. The summed E-state index contributed by atoms with van der Waals surface area (Å²) in [6, 6.07) is 14.3. The van der Waals surface area contributed by atoms with Gasteiger partial charge in [-0.1, -0.05) is 54.1 Å². The second kappa shape index (κ2) is 6.85. The van der Waals surface area contributed by atoms with Crippen LogP contribution in [0, 0.1) is 23.7 Å². The molecule has 1 aliphatic heterocycles. The molecule has 2 aromatic carbocycles. The Morgan fingerprint density at radius 2 is 1.66 bits per heavy atom. The van der Waals surface area contributed by atoms with Crippen LogP contribution in [-0.4, -0.2) is 17.7 Å². The van der Waals surface area contributed by atoms with Gasteiger partial charge >= 0.3 is 0 Å². The zero-order valence-corrected chi connectivity index (χ0v) is 16.3. The van der Waals surface area contributed by atoms with Crippen molar-refractivity contribution in [1.82, 2.24) is 0 Å². The van der Waals surface area contributed by atoms with Crippen molar-refractivity contribution in [1.29, 1.82) is 0 Å². The summed E-state index contributed by atoms with van der Waals surface area (Å²) in [6.45, 7) is 0. The minimum atomic E-state index is -0.249. The molecule has 1 N–H and O–H groups in total. The van der Waals surface area contributed by atoms with Crippen LogP contribution in [0.25, 0.3) is 0 Å². The topological polar surface area (TPSA) is 66.5 Å². The van der Waals surface area contributed by atoms with Crippen LogP contribution in [0.2, 0.25) is 5.02 Å². The Balaban J connectivity index is 1.33. The number of allylic oxidation sites excluding steroid dienone is 2. The average molecular weight is 407 g/mol. The highest BCUT2D eigenvalue weighted by Gasteiger charge is 2.59. The number of hydrogen-bond acceptors (Lipinski definition) is 3. The summed E-state index contributed by atoms with van der Waals surface area (Å²) in [5, 5.41) is 3.09. The maximum absolute atomic E-state index is 12.9. The van der Waals surface area contributed by atoms with E-state index in [9.17, 15) is 14.4 Å². The Morgan fingerprint density at radius 1 is 1.00 bits per heavy atom. The van der Waals surface area contributed by atoms with Crippen LogP contribution in [-0.2, 0) is 20.8 Å². The Bertz CT molecular complexity index is 1020. The number of halogens is 1. The average Bonchev–Trinajstić information content (AvgIpc) is 3.38. The molecule has 5 nitrogen and oxygen atoms in total. The fourth-order valence-electron chi connectivity index (χ4n) is 4.88. The molecule has 1 saturated heterocycles. The van der Waals surface area contributed by atoms with Crippen molar-refractivity contribution < 1.29 is 14.4 Å². The molecular formula is C23H19ClN2O3. The number of hydrogen-bond donors (Lipinski definition) is 1. The lowest BCUT2D eigenvalue weighted by Crippen LogP contribution is -2.32. The van der Waals surface area contributed by atoms with Gasteiger partial charge in [0, 0.05) is 0 Å². The zero-order chi connectivity index (χ0) is 20.1. The van der Waals surface area contributed by atoms with Gasteiger partial charge in [0.2, 0.25) is 17.7 Å². The minimum Gasteiger partial charge on any atom is -0.324 e. The monoisotopic (exact) mass is 406 g/mol. The molecule has 146 valence electrons. The molecular weight excluding hydrogens is 388 g/mol. The Morgan fingerprint density at radius 3 is 2.28 bits per heavy atom. The van der Waals surface area contributed by atoms with E-state index in [0.717, 1.165) is 12.0 Å². The van der Waals surface area contributed by atoms with Gasteiger partial charge in [0.1, 0.15) is 0 Å². The summed E-state index contributed by atoms with van der Waals surface area (Å²) >= 11 is 6.36. The molecule has 4 atom stereocenters. The molecule has 2 aliphatic carbocycles. The highest BCUT2D eigenvalue weighted by Crippen LogP contribution is 2.53. The van der Waals surface area contributed by atoms with Gasteiger partial charge in [0.05, 0.1) is 34.7 Å². The number of amides is 3. The van der Waals surface area contributed by atoms with Gasteiger partial charge in [-0.2, -0.15) is 0 Å². The molecule has 2 aromatic rings. The van der Waals surface area contributed by atoms with Crippen molar-refractivity contribution in [2.75, 3.05) is 10.2 Å². The van der Waals surface area contributed by atoms with Crippen molar-refractivity contribution in [3.05, 3.63) is 71.3 Å². The molecule has 0 spiro atoms. The first-order chi connectivity index (χ1) is 14.0. The lowest BCUT2D eigenvalue weighted by molar-refractivity contribution is -0.123.